The number of hydrogen-bond donors (Lipinski definition) is 0. The first kappa shape index (κ1) is 42.2. The SMILES string of the molecule is C=CC(=O)OCCCCCCOc1ccc(C#Cc2ccc(C#Cc3ccc(OCCCCCCOC(=O)C=C)c(C(C)C)c3)c(C)c2)cc1C(C)C. The summed E-state index contributed by atoms with van der Waals surface area (Å²) >= 11 is 0. The van der Waals surface area contributed by atoms with Crippen LogP contribution in [0.5, 0.6) is 11.5 Å². The van der Waals surface area contributed by atoms with E-state index in [1.807, 2.05) is 36.4 Å². The van der Waals surface area contributed by atoms with Crippen molar-refractivity contribution in [3.63, 3.8) is 0 Å². The van der Waals surface area contributed by atoms with Crippen molar-refractivity contribution < 1.29 is 28.5 Å². The number of hydrogen-bond acceptors (Lipinski definition) is 6. The van der Waals surface area contributed by atoms with E-state index in [1.54, 1.807) is 0 Å². The molecule has 3 aromatic rings. The molecule has 0 amide bonds. The van der Waals surface area contributed by atoms with Crippen molar-refractivity contribution in [2.75, 3.05) is 26.4 Å². The molecular formula is C47H56O6. The second-order valence-electron chi connectivity index (χ2n) is 13.6. The third-order valence-electron chi connectivity index (χ3n) is 8.60. The van der Waals surface area contributed by atoms with E-state index in [2.05, 4.69) is 89.7 Å². The number of aryl methyl sites for hydroxylation is 1. The maximum Gasteiger partial charge on any atom is 0.330 e. The summed E-state index contributed by atoms with van der Waals surface area (Å²) < 4.78 is 22.4. The Labute approximate surface area is 318 Å². The lowest BCUT2D eigenvalue weighted by molar-refractivity contribution is -0.138. The van der Waals surface area contributed by atoms with Crippen molar-refractivity contribution >= 4 is 11.9 Å². The maximum atomic E-state index is 11.1. The Morgan fingerprint density at radius 3 is 1.38 bits per heavy atom. The third-order valence-corrected chi connectivity index (χ3v) is 8.60. The molecule has 0 aromatic heterocycles. The highest BCUT2D eigenvalue weighted by Crippen LogP contribution is 2.29. The van der Waals surface area contributed by atoms with Gasteiger partial charge in [0.15, 0.2) is 0 Å². The highest BCUT2D eigenvalue weighted by Gasteiger charge is 2.10. The summed E-state index contributed by atoms with van der Waals surface area (Å²) in [6.07, 6.45) is 9.94. The Kier molecular flexibility index (Phi) is 18.6. The van der Waals surface area contributed by atoms with Crippen molar-refractivity contribution in [3.8, 4) is 35.2 Å². The summed E-state index contributed by atoms with van der Waals surface area (Å²) in [7, 11) is 0. The summed E-state index contributed by atoms with van der Waals surface area (Å²) in [4.78, 5) is 22.2. The van der Waals surface area contributed by atoms with Gasteiger partial charge in [-0.3, -0.25) is 0 Å². The Balaban J connectivity index is 1.55. The van der Waals surface area contributed by atoms with Crippen LogP contribution in [-0.4, -0.2) is 38.4 Å². The lowest BCUT2D eigenvalue weighted by Gasteiger charge is -2.14. The van der Waals surface area contributed by atoms with Gasteiger partial charge in [0.05, 0.1) is 26.4 Å². The van der Waals surface area contributed by atoms with Gasteiger partial charge in [-0.1, -0.05) is 64.5 Å². The van der Waals surface area contributed by atoms with Gasteiger partial charge in [0.1, 0.15) is 11.5 Å². The second-order valence-corrected chi connectivity index (χ2v) is 13.6. The number of ether oxygens (including phenoxy) is 4. The van der Waals surface area contributed by atoms with E-state index in [-0.39, 0.29) is 11.9 Å². The molecule has 0 unspecified atom stereocenters. The van der Waals surface area contributed by atoms with E-state index in [9.17, 15) is 9.59 Å². The first-order valence-electron chi connectivity index (χ1n) is 18.9. The van der Waals surface area contributed by atoms with Gasteiger partial charge in [-0.05, 0) is 141 Å². The molecule has 0 aliphatic rings. The molecule has 0 saturated heterocycles. The van der Waals surface area contributed by atoms with Gasteiger partial charge in [-0.2, -0.15) is 0 Å². The van der Waals surface area contributed by atoms with Gasteiger partial charge < -0.3 is 18.9 Å². The van der Waals surface area contributed by atoms with Crippen LogP contribution in [0.3, 0.4) is 0 Å². The molecule has 0 bridgehead atoms. The predicted molar refractivity (Wildman–Crippen MR) is 214 cm³/mol. The topological polar surface area (TPSA) is 71.1 Å². The molecule has 0 heterocycles. The fourth-order valence-electron chi connectivity index (χ4n) is 5.53. The van der Waals surface area contributed by atoms with Gasteiger partial charge in [0, 0.05) is 34.4 Å². The minimum atomic E-state index is -0.369. The molecule has 0 radical (unpaired) electrons. The van der Waals surface area contributed by atoms with E-state index in [0.717, 1.165) is 102 Å². The number of carbonyl (C=O) groups excluding carboxylic acids is 2. The van der Waals surface area contributed by atoms with Crippen molar-refractivity contribution in [2.24, 2.45) is 0 Å². The van der Waals surface area contributed by atoms with Crippen molar-refractivity contribution in [2.45, 2.75) is 97.8 Å². The van der Waals surface area contributed by atoms with E-state index < -0.39 is 0 Å². The quantitative estimate of drug-likeness (QED) is 0.0502. The minimum Gasteiger partial charge on any atom is -0.493 e. The molecule has 53 heavy (non-hydrogen) atoms. The summed E-state index contributed by atoms with van der Waals surface area (Å²) in [5.41, 5.74) is 7.20. The van der Waals surface area contributed by atoms with Crippen LogP contribution in [0.2, 0.25) is 0 Å². The Hall–Kier alpha value is -5.20. The largest absolute Gasteiger partial charge is 0.493 e. The lowest BCUT2D eigenvalue weighted by Crippen LogP contribution is -2.03. The molecule has 3 aromatic carbocycles. The maximum absolute atomic E-state index is 11.1. The van der Waals surface area contributed by atoms with Crippen LogP contribution in [-0.2, 0) is 19.1 Å². The molecule has 0 aliphatic heterocycles. The first-order chi connectivity index (χ1) is 25.6. The molecule has 280 valence electrons. The van der Waals surface area contributed by atoms with Crippen molar-refractivity contribution in [1.82, 2.24) is 0 Å². The number of carbonyl (C=O) groups is 2. The van der Waals surface area contributed by atoms with E-state index in [0.29, 0.717) is 38.3 Å². The molecule has 0 spiro atoms. The van der Waals surface area contributed by atoms with E-state index in [4.69, 9.17) is 18.9 Å². The van der Waals surface area contributed by atoms with Gasteiger partial charge in [0.2, 0.25) is 0 Å². The number of benzene rings is 3. The third kappa shape index (κ3) is 15.5. The molecule has 3 rings (SSSR count). The van der Waals surface area contributed by atoms with Crippen LogP contribution in [0.25, 0.3) is 0 Å². The van der Waals surface area contributed by atoms with Crippen molar-refractivity contribution in [3.05, 3.63) is 119 Å². The molecule has 6 heteroatoms. The molecule has 0 N–H and O–H groups in total. The lowest BCUT2D eigenvalue weighted by atomic mass is 9.99. The first-order valence-corrected chi connectivity index (χ1v) is 18.9. The zero-order valence-corrected chi connectivity index (χ0v) is 32.4. The smallest absolute Gasteiger partial charge is 0.330 e. The number of unbranched alkanes of at least 4 members (excludes halogenated alkanes) is 6. The van der Waals surface area contributed by atoms with Gasteiger partial charge in [-0.25, -0.2) is 9.59 Å². The summed E-state index contributed by atoms with van der Waals surface area (Å²) in [5.74, 6) is 15.1. The zero-order valence-electron chi connectivity index (χ0n) is 32.4. The fraction of sp³-hybridized carbons (Fsp3) is 0.404. The minimum absolute atomic E-state index is 0.301. The fourth-order valence-corrected chi connectivity index (χ4v) is 5.53. The molecule has 0 fully saturated rings. The van der Waals surface area contributed by atoms with Crippen molar-refractivity contribution in [1.29, 1.82) is 0 Å². The van der Waals surface area contributed by atoms with Crippen LogP contribution in [0.15, 0.2) is 79.9 Å². The average Bonchev–Trinajstić information content (AvgIpc) is 3.15. The van der Waals surface area contributed by atoms with Gasteiger partial charge in [-0.15, -0.1) is 0 Å². The predicted octanol–water partition coefficient (Wildman–Crippen LogP) is 10.4. The average molecular weight is 717 g/mol. The normalized spacial score (nSPS) is 10.5. The van der Waals surface area contributed by atoms with Crippen LogP contribution in [0, 0.1) is 30.6 Å². The zero-order chi connectivity index (χ0) is 38.4. The summed E-state index contributed by atoms with van der Waals surface area (Å²) in [6.45, 7) is 19.7. The highest BCUT2D eigenvalue weighted by atomic mass is 16.5. The van der Waals surface area contributed by atoms with Crippen LogP contribution < -0.4 is 9.47 Å². The Bertz CT molecular complexity index is 1790. The standard InChI is InChI=1S/C47H56O6/c1-8-46(48)52-30-16-12-10-14-28-50-44-26-22-39(33-42(44)35(3)4)19-18-38-20-24-41(37(7)32-38)25-21-40-23-27-45(43(34-40)36(5)6)51-29-15-11-13-17-31-53-47(49)9-2/h8-9,20,22-24,26-27,32-36H,1-2,10-17,28-31H2,3-7H3. The van der Waals surface area contributed by atoms with Crippen LogP contribution >= 0.6 is 0 Å². The van der Waals surface area contributed by atoms with Gasteiger partial charge >= 0.3 is 11.9 Å². The molecule has 0 aliphatic carbocycles. The van der Waals surface area contributed by atoms with Crippen LogP contribution in [0.1, 0.15) is 130 Å². The Morgan fingerprint density at radius 2 is 0.962 bits per heavy atom. The Morgan fingerprint density at radius 1 is 0.566 bits per heavy atom. The summed E-state index contributed by atoms with van der Waals surface area (Å²) in [5, 5.41) is 0. The molecule has 0 saturated carbocycles. The molecular weight excluding hydrogens is 661 g/mol. The monoisotopic (exact) mass is 716 g/mol. The van der Waals surface area contributed by atoms with Crippen LogP contribution in [0.4, 0.5) is 0 Å². The van der Waals surface area contributed by atoms with E-state index >= 15 is 0 Å². The second kappa shape index (κ2) is 23.4. The van der Waals surface area contributed by atoms with E-state index in [1.165, 1.54) is 12.2 Å². The number of rotatable bonds is 20. The molecule has 6 nitrogen and oxygen atoms in total. The number of esters is 2. The highest BCUT2D eigenvalue weighted by molar-refractivity contribution is 5.81. The summed E-state index contributed by atoms with van der Waals surface area (Å²) in [6, 6.07) is 18.5. The van der Waals surface area contributed by atoms with Gasteiger partial charge in [0.25, 0.3) is 0 Å². The molecule has 0 atom stereocenters.